The van der Waals surface area contributed by atoms with Crippen LogP contribution in [0.2, 0.25) is 0 Å². The van der Waals surface area contributed by atoms with Crippen molar-refractivity contribution in [1.29, 1.82) is 0 Å². The molecule has 1 aliphatic rings. The number of rotatable bonds is 7. The molecule has 5 heteroatoms. The number of hydrogen-bond donors (Lipinski definition) is 0. The standard InChI is InChI=1S/C12H21NO4/c1-2-17-11(14)7-3-4-8-12(13(15)16)9-5-6-10-12/h2-10H2,1H3. The molecule has 0 amide bonds. The lowest BCUT2D eigenvalue weighted by Gasteiger charge is -2.19. The van der Waals surface area contributed by atoms with E-state index in [2.05, 4.69) is 0 Å². The van der Waals surface area contributed by atoms with Crippen molar-refractivity contribution in [1.82, 2.24) is 0 Å². The van der Waals surface area contributed by atoms with Gasteiger partial charge in [-0.3, -0.25) is 14.9 Å². The summed E-state index contributed by atoms with van der Waals surface area (Å²) in [6.07, 6.45) is 5.70. The summed E-state index contributed by atoms with van der Waals surface area (Å²) in [4.78, 5) is 22.1. The van der Waals surface area contributed by atoms with E-state index in [0.717, 1.165) is 19.3 Å². The van der Waals surface area contributed by atoms with Crippen molar-refractivity contribution in [2.75, 3.05) is 6.61 Å². The molecule has 0 bridgehead atoms. The van der Waals surface area contributed by atoms with E-state index in [4.69, 9.17) is 4.74 Å². The summed E-state index contributed by atoms with van der Waals surface area (Å²) in [5.74, 6) is -0.200. The summed E-state index contributed by atoms with van der Waals surface area (Å²) in [5, 5.41) is 11.1. The number of hydrogen-bond acceptors (Lipinski definition) is 4. The topological polar surface area (TPSA) is 69.4 Å². The maximum absolute atomic E-state index is 11.1. The highest BCUT2D eigenvalue weighted by molar-refractivity contribution is 5.69. The Hall–Kier alpha value is -1.13. The summed E-state index contributed by atoms with van der Waals surface area (Å²) in [5.41, 5.74) is -0.700. The van der Waals surface area contributed by atoms with E-state index in [-0.39, 0.29) is 10.9 Å². The van der Waals surface area contributed by atoms with E-state index >= 15 is 0 Å². The molecular formula is C12H21NO4. The van der Waals surface area contributed by atoms with Gasteiger partial charge >= 0.3 is 5.97 Å². The lowest BCUT2D eigenvalue weighted by Crippen LogP contribution is -2.34. The fourth-order valence-corrected chi connectivity index (χ4v) is 2.51. The van der Waals surface area contributed by atoms with Crippen LogP contribution in [0.1, 0.15) is 58.3 Å². The Morgan fingerprint density at radius 3 is 2.53 bits per heavy atom. The Balaban J connectivity index is 2.24. The van der Waals surface area contributed by atoms with Gasteiger partial charge in [0.2, 0.25) is 5.54 Å². The SMILES string of the molecule is CCOC(=O)CCCCC1([N+](=O)[O-])CCCC1. The Bertz CT molecular complexity index is 272. The molecule has 0 heterocycles. The van der Waals surface area contributed by atoms with Crippen LogP contribution in [0.15, 0.2) is 0 Å². The summed E-state index contributed by atoms with van der Waals surface area (Å²) in [6, 6.07) is 0. The van der Waals surface area contributed by atoms with Crippen LogP contribution in [0, 0.1) is 10.1 Å². The number of carbonyl (C=O) groups is 1. The van der Waals surface area contributed by atoms with E-state index in [1.807, 2.05) is 0 Å². The van der Waals surface area contributed by atoms with E-state index < -0.39 is 5.54 Å². The van der Waals surface area contributed by atoms with Gasteiger partial charge in [0.25, 0.3) is 0 Å². The maximum Gasteiger partial charge on any atom is 0.305 e. The minimum absolute atomic E-state index is 0.107. The lowest BCUT2D eigenvalue weighted by molar-refractivity contribution is -0.569. The fourth-order valence-electron chi connectivity index (χ4n) is 2.51. The van der Waals surface area contributed by atoms with Gasteiger partial charge in [0.05, 0.1) is 6.61 Å². The van der Waals surface area contributed by atoms with Crippen molar-refractivity contribution in [3.8, 4) is 0 Å². The molecule has 1 rings (SSSR count). The third-order valence-electron chi connectivity index (χ3n) is 3.50. The van der Waals surface area contributed by atoms with Crippen LogP contribution < -0.4 is 0 Å². The number of nitro groups is 1. The first-order valence-corrected chi connectivity index (χ1v) is 6.41. The summed E-state index contributed by atoms with van der Waals surface area (Å²) < 4.78 is 4.81. The van der Waals surface area contributed by atoms with Crippen molar-refractivity contribution in [3.63, 3.8) is 0 Å². The average Bonchev–Trinajstić information content (AvgIpc) is 2.75. The van der Waals surface area contributed by atoms with Gasteiger partial charge in [-0.1, -0.05) is 0 Å². The highest BCUT2D eigenvalue weighted by atomic mass is 16.6. The Labute approximate surface area is 102 Å². The summed E-state index contributed by atoms with van der Waals surface area (Å²) in [6.45, 7) is 2.18. The van der Waals surface area contributed by atoms with Crippen molar-refractivity contribution >= 4 is 5.97 Å². The average molecular weight is 243 g/mol. The second-order valence-electron chi connectivity index (χ2n) is 4.70. The first-order valence-electron chi connectivity index (χ1n) is 6.41. The predicted molar refractivity (Wildman–Crippen MR) is 63.3 cm³/mol. The van der Waals surface area contributed by atoms with Crippen LogP contribution in [0.3, 0.4) is 0 Å². The third-order valence-corrected chi connectivity index (χ3v) is 3.50. The molecule has 17 heavy (non-hydrogen) atoms. The Morgan fingerprint density at radius 2 is 2.00 bits per heavy atom. The van der Waals surface area contributed by atoms with Crippen LogP contribution in [0.4, 0.5) is 0 Å². The first kappa shape index (κ1) is 13.9. The molecule has 0 atom stereocenters. The van der Waals surface area contributed by atoms with Crippen LogP contribution in [0.5, 0.6) is 0 Å². The second-order valence-corrected chi connectivity index (χ2v) is 4.70. The van der Waals surface area contributed by atoms with Crippen molar-refractivity contribution in [3.05, 3.63) is 10.1 Å². The van der Waals surface area contributed by atoms with Crippen LogP contribution in [-0.2, 0) is 9.53 Å². The summed E-state index contributed by atoms with van der Waals surface area (Å²) in [7, 11) is 0. The number of carbonyl (C=O) groups excluding carboxylic acids is 1. The quantitative estimate of drug-likeness (QED) is 0.298. The molecule has 1 aliphatic carbocycles. The number of nitrogens with zero attached hydrogens (tertiary/aromatic N) is 1. The van der Waals surface area contributed by atoms with Gasteiger partial charge in [-0.15, -0.1) is 0 Å². The lowest BCUT2D eigenvalue weighted by atomic mass is 9.91. The fraction of sp³-hybridized carbons (Fsp3) is 0.917. The number of ether oxygens (including phenoxy) is 1. The minimum atomic E-state index is -0.700. The van der Waals surface area contributed by atoms with Crippen LogP contribution >= 0.6 is 0 Å². The van der Waals surface area contributed by atoms with Gasteiger partial charge in [0, 0.05) is 30.6 Å². The molecule has 1 fully saturated rings. The molecule has 0 aromatic rings. The second kappa shape index (κ2) is 6.57. The molecule has 1 saturated carbocycles. The van der Waals surface area contributed by atoms with Gasteiger partial charge in [-0.05, 0) is 32.6 Å². The van der Waals surface area contributed by atoms with E-state index in [1.165, 1.54) is 0 Å². The predicted octanol–water partition coefficient (Wildman–Crippen LogP) is 2.70. The molecule has 0 unspecified atom stereocenters. The molecule has 0 spiro atoms. The minimum Gasteiger partial charge on any atom is -0.466 e. The normalized spacial score (nSPS) is 17.9. The molecule has 98 valence electrons. The zero-order chi connectivity index (χ0) is 12.7. The molecule has 0 N–H and O–H groups in total. The van der Waals surface area contributed by atoms with Gasteiger partial charge < -0.3 is 4.74 Å². The largest absolute Gasteiger partial charge is 0.466 e. The number of unbranched alkanes of at least 4 members (excludes halogenated alkanes) is 1. The van der Waals surface area contributed by atoms with Gasteiger partial charge in [0.15, 0.2) is 0 Å². The smallest absolute Gasteiger partial charge is 0.305 e. The molecule has 0 aromatic heterocycles. The highest BCUT2D eigenvalue weighted by Gasteiger charge is 2.44. The van der Waals surface area contributed by atoms with E-state index in [9.17, 15) is 14.9 Å². The number of esters is 1. The zero-order valence-electron chi connectivity index (χ0n) is 10.4. The van der Waals surface area contributed by atoms with Crippen molar-refractivity contribution < 1.29 is 14.5 Å². The Morgan fingerprint density at radius 1 is 1.35 bits per heavy atom. The molecule has 5 nitrogen and oxygen atoms in total. The van der Waals surface area contributed by atoms with E-state index in [0.29, 0.717) is 38.7 Å². The van der Waals surface area contributed by atoms with Crippen molar-refractivity contribution in [2.45, 2.75) is 63.8 Å². The molecule has 0 saturated heterocycles. The van der Waals surface area contributed by atoms with Gasteiger partial charge in [-0.2, -0.15) is 0 Å². The first-order chi connectivity index (χ1) is 8.10. The molecular weight excluding hydrogens is 222 g/mol. The summed E-state index contributed by atoms with van der Waals surface area (Å²) >= 11 is 0. The van der Waals surface area contributed by atoms with Crippen LogP contribution in [0.25, 0.3) is 0 Å². The molecule has 0 aliphatic heterocycles. The van der Waals surface area contributed by atoms with Gasteiger partial charge in [0.1, 0.15) is 0 Å². The van der Waals surface area contributed by atoms with Crippen LogP contribution in [-0.4, -0.2) is 23.0 Å². The Kier molecular flexibility index (Phi) is 5.38. The van der Waals surface area contributed by atoms with Gasteiger partial charge in [-0.25, -0.2) is 0 Å². The van der Waals surface area contributed by atoms with E-state index in [1.54, 1.807) is 6.92 Å². The third kappa shape index (κ3) is 3.98. The maximum atomic E-state index is 11.1. The molecule has 0 radical (unpaired) electrons. The zero-order valence-corrected chi connectivity index (χ0v) is 10.4. The highest BCUT2D eigenvalue weighted by Crippen LogP contribution is 2.36. The monoisotopic (exact) mass is 243 g/mol. The molecule has 0 aromatic carbocycles. The van der Waals surface area contributed by atoms with Crippen molar-refractivity contribution in [2.24, 2.45) is 0 Å².